The number of benzene rings is 2. The van der Waals surface area contributed by atoms with Crippen molar-refractivity contribution in [3.8, 4) is 0 Å². The van der Waals surface area contributed by atoms with Gasteiger partial charge >= 0.3 is 0 Å². The lowest BCUT2D eigenvalue weighted by molar-refractivity contribution is 0.668. The summed E-state index contributed by atoms with van der Waals surface area (Å²) in [7, 11) is 0. The first-order valence-electron chi connectivity index (χ1n) is 7.38. The summed E-state index contributed by atoms with van der Waals surface area (Å²) in [4.78, 5) is 0. The predicted octanol–water partition coefficient (Wildman–Crippen LogP) is 5.46. The Morgan fingerprint density at radius 3 is 2.59 bits per heavy atom. The van der Waals surface area contributed by atoms with Crippen LogP contribution in [0.4, 0.5) is 15.8 Å². The molecule has 0 aliphatic heterocycles. The number of nitrogen functional groups attached to an aromatic ring is 1. The molecule has 0 saturated heterocycles. The lowest BCUT2D eigenvalue weighted by Crippen LogP contribution is -2.00. The van der Waals surface area contributed by atoms with E-state index < -0.39 is 0 Å². The summed E-state index contributed by atoms with van der Waals surface area (Å²) in [6, 6.07) is 11.8. The topological polar surface area (TPSA) is 38.0 Å². The molecule has 0 spiro atoms. The number of nitrogens with two attached hydrogens (primary N) is 1. The number of halogens is 1. The summed E-state index contributed by atoms with van der Waals surface area (Å²) in [5.41, 5.74) is 7.73. The number of anilines is 2. The standard InChI is InChI=1S/C17H17FN2.C2H6/c1-2-14(18)9-3-4-12-20-16-11-6-8-13-7-5-10-15(19)17(13)16;1-2/h2-11,20H,1,12,19H2;1-2H3/b4-3+,14-9+;. The Balaban J connectivity index is 0.00000116. The van der Waals surface area contributed by atoms with E-state index in [0.717, 1.165) is 22.1 Å². The van der Waals surface area contributed by atoms with Crippen LogP contribution in [0.1, 0.15) is 13.8 Å². The van der Waals surface area contributed by atoms with E-state index in [4.69, 9.17) is 5.73 Å². The minimum atomic E-state index is -0.351. The highest BCUT2D eigenvalue weighted by molar-refractivity contribution is 6.02. The Kier molecular flexibility index (Phi) is 7.48. The largest absolute Gasteiger partial charge is 0.398 e. The van der Waals surface area contributed by atoms with Gasteiger partial charge < -0.3 is 11.1 Å². The molecule has 0 fully saturated rings. The molecule has 2 aromatic carbocycles. The van der Waals surface area contributed by atoms with Crippen molar-refractivity contribution in [2.24, 2.45) is 0 Å². The van der Waals surface area contributed by atoms with Crippen LogP contribution in [0.15, 0.2) is 73.1 Å². The van der Waals surface area contributed by atoms with Gasteiger partial charge in [0.15, 0.2) is 0 Å². The maximum Gasteiger partial charge on any atom is 0.122 e. The van der Waals surface area contributed by atoms with Gasteiger partial charge in [0.2, 0.25) is 0 Å². The van der Waals surface area contributed by atoms with Crippen molar-refractivity contribution in [3.63, 3.8) is 0 Å². The fourth-order valence-electron chi connectivity index (χ4n) is 1.98. The van der Waals surface area contributed by atoms with Crippen LogP contribution in [0.5, 0.6) is 0 Å². The molecule has 0 radical (unpaired) electrons. The smallest absolute Gasteiger partial charge is 0.122 e. The third-order valence-corrected chi connectivity index (χ3v) is 2.93. The van der Waals surface area contributed by atoms with E-state index in [1.54, 1.807) is 6.08 Å². The quantitative estimate of drug-likeness (QED) is 0.568. The predicted molar refractivity (Wildman–Crippen MR) is 96.7 cm³/mol. The van der Waals surface area contributed by atoms with Gasteiger partial charge in [-0.05, 0) is 29.7 Å². The van der Waals surface area contributed by atoms with Crippen molar-refractivity contribution < 1.29 is 4.39 Å². The van der Waals surface area contributed by atoms with E-state index in [2.05, 4.69) is 11.9 Å². The van der Waals surface area contributed by atoms with E-state index >= 15 is 0 Å². The van der Waals surface area contributed by atoms with Crippen molar-refractivity contribution in [2.45, 2.75) is 13.8 Å². The molecule has 0 amide bonds. The first-order valence-corrected chi connectivity index (χ1v) is 7.38. The molecule has 0 aromatic heterocycles. The van der Waals surface area contributed by atoms with E-state index in [1.165, 1.54) is 12.2 Å². The van der Waals surface area contributed by atoms with E-state index in [1.807, 2.05) is 56.3 Å². The zero-order chi connectivity index (χ0) is 16.4. The molecule has 0 saturated carbocycles. The average molecular weight is 298 g/mol. The van der Waals surface area contributed by atoms with Gasteiger partial charge in [-0.3, -0.25) is 0 Å². The van der Waals surface area contributed by atoms with Gasteiger partial charge in [0.1, 0.15) is 5.83 Å². The van der Waals surface area contributed by atoms with Gasteiger partial charge in [0.25, 0.3) is 0 Å². The molecule has 2 aromatic rings. The fraction of sp³-hybridized carbons (Fsp3) is 0.158. The molecule has 116 valence electrons. The van der Waals surface area contributed by atoms with E-state index in [-0.39, 0.29) is 5.83 Å². The molecular weight excluding hydrogens is 275 g/mol. The average Bonchev–Trinajstić information content (AvgIpc) is 2.56. The molecule has 0 unspecified atom stereocenters. The summed E-state index contributed by atoms with van der Waals surface area (Å²) >= 11 is 0. The minimum absolute atomic E-state index is 0.351. The summed E-state index contributed by atoms with van der Waals surface area (Å²) in [6.07, 6.45) is 6.02. The first-order chi connectivity index (χ1) is 10.7. The molecule has 3 heteroatoms. The Morgan fingerprint density at radius 1 is 1.23 bits per heavy atom. The molecule has 0 aliphatic rings. The number of fused-ring (bicyclic) bond motifs is 1. The van der Waals surface area contributed by atoms with Gasteiger partial charge in [-0.15, -0.1) is 0 Å². The maximum absolute atomic E-state index is 12.8. The second-order valence-corrected chi connectivity index (χ2v) is 4.32. The summed E-state index contributed by atoms with van der Waals surface area (Å²) < 4.78 is 12.8. The molecule has 3 N–H and O–H groups in total. The molecule has 0 heterocycles. The molecule has 2 nitrogen and oxygen atoms in total. The van der Waals surface area contributed by atoms with Crippen LogP contribution < -0.4 is 11.1 Å². The van der Waals surface area contributed by atoms with Crippen molar-refractivity contribution in [2.75, 3.05) is 17.6 Å². The van der Waals surface area contributed by atoms with Gasteiger partial charge in [0.05, 0.1) is 0 Å². The van der Waals surface area contributed by atoms with Crippen LogP contribution in [-0.4, -0.2) is 6.54 Å². The monoisotopic (exact) mass is 298 g/mol. The third kappa shape index (κ3) is 4.77. The van der Waals surface area contributed by atoms with Crippen LogP contribution in [0, 0.1) is 0 Å². The van der Waals surface area contributed by atoms with E-state index in [9.17, 15) is 4.39 Å². The van der Waals surface area contributed by atoms with Crippen LogP contribution in [0.3, 0.4) is 0 Å². The number of rotatable bonds is 5. The summed E-state index contributed by atoms with van der Waals surface area (Å²) in [5.74, 6) is -0.351. The van der Waals surface area contributed by atoms with Crippen molar-refractivity contribution in [1.29, 1.82) is 0 Å². The molecule has 0 atom stereocenters. The Hall–Kier alpha value is -2.55. The van der Waals surface area contributed by atoms with Crippen molar-refractivity contribution in [3.05, 3.63) is 73.1 Å². The highest BCUT2D eigenvalue weighted by Gasteiger charge is 2.02. The fourth-order valence-corrected chi connectivity index (χ4v) is 1.98. The van der Waals surface area contributed by atoms with Gasteiger partial charge in [0, 0.05) is 23.3 Å². The van der Waals surface area contributed by atoms with Gasteiger partial charge in [-0.1, -0.05) is 56.8 Å². The first kappa shape index (κ1) is 17.5. The van der Waals surface area contributed by atoms with Gasteiger partial charge in [-0.25, -0.2) is 4.39 Å². The number of nitrogens with one attached hydrogen (secondary N) is 1. The van der Waals surface area contributed by atoms with Gasteiger partial charge in [-0.2, -0.15) is 0 Å². The lowest BCUT2D eigenvalue weighted by Gasteiger charge is -2.10. The van der Waals surface area contributed by atoms with Crippen LogP contribution in [-0.2, 0) is 0 Å². The molecule has 22 heavy (non-hydrogen) atoms. The van der Waals surface area contributed by atoms with Crippen LogP contribution >= 0.6 is 0 Å². The zero-order valence-corrected chi connectivity index (χ0v) is 13.1. The SMILES string of the molecule is C=C/C(F)=C\C=C\CNc1cccc2cccc(N)c12.CC. The minimum Gasteiger partial charge on any atom is -0.398 e. The second kappa shape index (κ2) is 9.40. The summed E-state index contributed by atoms with van der Waals surface area (Å²) in [5, 5.41) is 5.38. The normalized spacial score (nSPS) is 11.1. The molecule has 0 bridgehead atoms. The summed E-state index contributed by atoms with van der Waals surface area (Å²) in [6.45, 7) is 7.94. The van der Waals surface area contributed by atoms with E-state index in [0.29, 0.717) is 6.54 Å². The third-order valence-electron chi connectivity index (χ3n) is 2.93. The Bertz CT molecular complexity index is 667. The number of allylic oxidation sites excluding steroid dienone is 4. The Labute approximate surface area is 131 Å². The zero-order valence-electron chi connectivity index (χ0n) is 13.1. The molecular formula is C19H23FN2. The molecule has 2 rings (SSSR count). The lowest BCUT2D eigenvalue weighted by atomic mass is 10.1. The van der Waals surface area contributed by atoms with Crippen molar-refractivity contribution >= 4 is 22.1 Å². The second-order valence-electron chi connectivity index (χ2n) is 4.32. The maximum atomic E-state index is 12.8. The highest BCUT2D eigenvalue weighted by atomic mass is 19.1. The molecule has 0 aliphatic carbocycles. The highest BCUT2D eigenvalue weighted by Crippen LogP contribution is 2.28. The van der Waals surface area contributed by atoms with Crippen LogP contribution in [0.25, 0.3) is 10.8 Å². The number of hydrogen-bond acceptors (Lipinski definition) is 2. The van der Waals surface area contributed by atoms with Crippen molar-refractivity contribution in [1.82, 2.24) is 0 Å². The number of hydrogen-bond donors (Lipinski definition) is 2. The van der Waals surface area contributed by atoms with Crippen LogP contribution in [0.2, 0.25) is 0 Å². The Morgan fingerprint density at radius 2 is 1.91 bits per heavy atom.